The lowest BCUT2D eigenvalue weighted by molar-refractivity contribution is 0.0995. The monoisotopic (exact) mass is 174 g/mol. The van der Waals surface area contributed by atoms with Crippen molar-refractivity contribution in [2.24, 2.45) is 0 Å². The zero-order valence-electron chi connectivity index (χ0n) is 7.89. The molecule has 0 saturated carbocycles. The van der Waals surface area contributed by atoms with E-state index in [1.54, 1.807) is 7.11 Å². The largest absolute Gasteiger partial charge is 0.497 e. The standard InChI is InChI=1S/C10H11BO2/c1-13-7-4-6-2-3-9(12)10(6)8(11)5-7/h4-5H,2-3,11H2,1H3. The van der Waals surface area contributed by atoms with E-state index in [-0.39, 0.29) is 5.78 Å². The number of ketones is 1. The predicted octanol–water partition coefficient (Wildman–Crippen LogP) is 0.0825. The number of carbonyl (C=O) groups is 1. The number of ether oxygens (including phenoxy) is 1. The molecular weight excluding hydrogens is 163 g/mol. The van der Waals surface area contributed by atoms with E-state index < -0.39 is 0 Å². The molecule has 2 rings (SSSR count). The minimum absolute atomic E-state index is 0.273. The summed E-state index contributed by atoms with van der Waals surface area (Å²) in [6, 6.07) is 3.88. The number of aryl methyl sites for hydroxylation is 1. The maximum absolute atomic E-state index is 11.4. The van der Waals surface area contributed by atoms with Gasteiger partial charge in [-0.1, -0.05) is 5.46 Å². The van der Waals surface area contributed by atoms with Gasteiger partial charge in [0, 0.05) is 12.0 Å². The molecule has 1 aliphatic carbocycles. The van der Waals surface area contributed by atoms with Crippen molar-refractivity contribution in [2.45, 2.75) is 12.8 Å². The molecule has 0 radical (unpaired) electrons. The van der Waals surface area contributed by atoms with Crippen LogP contribution in [0.3, 0.4) is 0 Å². The summed E-state index contributed by atoms with van der Waals surface area (Å²) in [5.74, 6) is 1.13. The number of methoxy groups -OCH3 is 1. The zero-order valence-corrected chi connectivity index (χ0v) is 7.89. The van der Waals surface area contributed by atoms with Gasteiger partial charge < -0.3 is 4.74 Å². The number of Topliss-reactive ketones (excluding diaryl/α,β-unsaturated/α-hetero) is 1. The highest BCUT2D eigenvalue weighted by atomic mass is 16.5. The van der Waals surface area contributed by atoms with Crippen LogP contribution in [-0.4, -0.2) is 20.7 Å². The molecule has 0 spiro atoms. The molecule has 0 fully saturated rings. The Morgan fingerprint density at radius 2 is 2.15 bits per heavy atom. The number of hydrogen-bond donors (Lipinski definition) is 0. The number of carbonyl (C=O) groups excluding carboxylic acids is 1. The molecule has 0 amide bonds. The minimum atomic E-state index is 0.273. The molecule has 2 nitrogen and oxygen atoms in total. The Morgan fingerprint density at radius 3 is 2.85 bits per heavy atom. The van der Waals surface area contributed by atoms with Gasteiger partial charge >= 0.3 is 0 Å². The van der Waals surface area contributed by atoms with Gasteiger partial charge in [0.25, 0.3) is 0 Å². The fourth-order valence-corrected chi connectivity index (χ4v) is 1.91. The topological polar surface area (TPSA) is 26.3 Å². The van der Waals surface area contributed by atoms with Crippen molar-refractivity contribution in [2.75, 3.05) is 7.11 Å². The van der Waals surface area contributed by atoms with Crippen LogP contribution in [0.2, 0.25) is 0 Å². The molecule has 66 valence electrons. The Balaban J connectivity index is 2.59. The Labute approximate surface area is 78.3 Å². The van der Waals surface area contributed by atoms with Crippen LogP contribution in [0, 0.1) is 0 Å². The van der Waals surface area contributed by atoms with E-state index in [1.165, 1.54) is 0 Å². The summed E-state index contributed by atoms with van der Waals surface area (Å²) >= 11 is 0. The van der Waals surface area contributed by atoms with Crippen molar-refractivity contribution >= 4 is 19.1 Å². The molecule has 0 N–H and O–H groups in total. The second kappa shape index (κ2) is 2.91. The summed E-state index contributed by atoms with van der Waals surface area (Å²) in [7, 11) is 3.61. The van der Waals surface area contributed by atoms with Crippen LogP contribution in [0.25, 0.3) is 0 Å². The second-order valence-electron chi connectivity index (χ2n) is 3.40. The van der Waals surface area contributed by atoms with Gasteiger partial charge in [0.15, 0.2) is 5.78 Å². The van der Waals surface area contributed by atoms with Crippen LogP contribution in [0.15, 0.2) is 12.1 Å². The summed E-state index contributed by atoms with van der Waals surface area (Å²) in [6.07, 6.45) is 1.52. The lowest BCUT2D eigenvalue weighted by atomic mass is 9.88. The number of hydrogen-bond acceptors (Lipinski definition) is 2. The molecule has 3 heteroatoms. The molecule has 0 unspecified atom stereocenters. The lowest BCUT2D eigenvalue weighted by Crippen LogP contribution is -2.14. The number of rotatable bonds is 1. The average molecular weight is 174 g/mol. The van der Waals surface area contributed by atoms with Gasteiger partial charge in [-0.15, -0.1) is 0 Å². The van der Waals surface area contributed by atoms with Crippen molar-refractivity contribution in [3.63, 3.8) is 0 Å². The van der Waals surface area contributed by atoms with Crippen LogP contribution < -0.4 is 10.2 Å². The molecule has 0 bridgehead atoms. The molecule has 0 aromatic heterocycles. The van der Waals surface area contributed by atoms with E-state index in [1.807, 2.05) is 20.0 Å². The summed E-state index contributed by atoms with van der Waals surface area (Å²) in [5.41, 5.74) is 3.10. The third kappa shape index (κ3) is 1.24. The second-order valence-corrected chi connectivity index (χ2v) is 3.40. The van der Waals surface area contributed by atoms with Crippen molar-refractivity contribution in [3.8, 4) is 5.75 Å². The van der Waals surface area contributed by atoms with Gasteiger partial charge in [0.2, 0.25) is 0 Å². The van der Waals surface area contributed by atoms with E-state index in [0.29, 0.717) is 6.42 Å². The highest BCUT2D eigenvalue weighted by Crippen LogP contribution is 2.23. The molecule has 0 atom stereocenters. The Kier molecular flexibility index (Phi) is 1.87. The van der Waals surface area contributed by atoms with E-state index in [4.69, 9.17) is 4.74 Å². The molecule has 0 heterocycles. The third-order valence-corrected chi connectivity index (χ3v) is 2.53. The molecule has 0 saturated heterocycles. The van der Waals surface area contributed by atoms with Gasteiger partial charge in [0.05, 0.1) is 7.11 Å². The molecule has 1 aromatic rings. The summed E-state index contributed by atoms with van der Waals surface area (Å²) in [4.78, 5) is 11.4. The molecule has 13 heavy (non-hydrogen) atoms. The van der Waals surface area contributed by atoms with Crippen molar-refractivity contribution in [1.82, 2.24) is 0 Å². The third-order valence-electron chi connectivity index (χ3n) is 2.53. The molecule has 1 aromatic carbocycles. The Morgan fingerprint density at radius 1 is 1.38 bits per heavy atom. The first kappa shape index (κ1) is 8.36. The highest BCUT2D eigenvalue weighted by Gasteiger charge is 2.21. The molecule has 1 aliphatic rings. The van der Waals surface area contributed by atoms with E-state index >= 15 is 0 Å². The summed E-state index contributed by atoms with van der Waals surface area (Å²) < 4.78 is 5.14. The van der Waals surface area contributed by atoms with Crippen molar-refractivity contribution < 1.29 is 9.53 Å². The predicted molar refractivity (Wildman–Crippen MR) is 53.8 cm³/mol. The van der Waals surface area contributed by atoms with Crippen molar-refractivity contribution in [3.05, 3.63) is 23.3 Å². The average Bonchev–Trinajstić information content (AvgIpc) is 2.48. The number of fused-ring (bicyclic) bond motifs is 1. The van der Waals surface area contributed by atoms with E-state index in [2.05, 4.69) is 0 Å². The fourth-order valence-electron chi connectivity index (χ4n) is 1.91. The van der Waals surface area contributed by atoms with Gasteiger partial charge in [-0.25, -0.2) is 0 Å². The van der Waals surface area contributed by atoms with E-state index in [0.717, 1.165) is 28.8 Å². The van der Waals surface area contributed by atoms with Crippen LogP contribution in [0.1, 0.15) is 22.3 Å². The SMILES string of the molecule is Bc1cc(OC)cc2c1C(=O)CC2. The van der Waals surface area contributed by atoms with Gasteiger partial charge in [0.1, 0.15) is 13.6 Å². The first-order valence-corrected chi connectivity index (χ1v) is 4.43. The maximum atomic E-state index is 11.4. The van der Waals surface area contributed by atoms with Crippen LogP contribution in [0.5, 0.6) is 5.75 Å². The van der Waals surface area contributed by atoms with Crippen molar-refractivity contribution in [1.29, 1.82) is 0 Å². The lowest BCUT2D eigenvalue weighted by Gasteiger charge is -2.06. The summed E-state index contributed by atoms with van der Waals surface area (Å²) in [5, 5.41) is 0. The Hall–Kier alpha value is -1.25. The van der Waals surface area contributed by atoms with Crippen LogP contribution >= 0.6 is 0 Å². The number of benzene rings is 1. The quantitative estimate of drug-likeness (QED) is 0.563. The van der Waals surface area contributed by atoms with E-state index in [9.17, 15) is 4.79 Å². The fraction of sp³-hybridized carbons (Fsp3) is 0.300. The molecule has 0 aliphatic heterocycles. The molecular formula is C10H11BO2. The first-order chi connectivity index (χ1) is 6.22. The van der Waals surface area contributed by atoms with Crippen LogP contribution in [0.4, 0.5) is 0 Å². The zero-order chi connectivity index (χ0) is 9.42. The highest BCUT2D eigenvalue weighted by molar-refractivity contribution is 6.37. The smallest absolute Gasteiger partial charge is 0.162 e. The van der Waals surface area contributed by atoms with Gasteiger partial charge in [-0.3, -0.25) is 4.79 Å². The normalized spacial score (nSPS) is 14.4. The van der Waals surface area contributed by atoms with Gasteiger partial charge in [-0.05, 0) is 24.1 Å². The first-order valence-electron chi connectivity index (χ1n) is 4.43. The Bertz CT molecular complexity index is 371. The summed E-state index contributed by atoms with van der Waals surface area (Å²) in [6.45, 7) is 0. The van der Waals surface area contributed by atoms with Gasteiger partial charge in [-0.2, -0.15) is 0 Å². The van der Waals surface area contributed by atoms with Crippen LogP contribution in [-0.2, 0) is 6.42 Å². The minimum Gasteiger partial charge on any atom is -0.497 e. The maximum Gasteiger partial charge on any atom is 0.162 e.